The van der Waals surface area contributed by atoms with E-state index in [1.54, 1.807) is 0 Å². The van der Waals surface area contributed by atoms with Crippen molar-refractivity contribution in [3.8, 4) is 0 Å². The standard InChI is InChI=1S/C16H25NOSi/c1-12-7-8-13(14-9-10-17-15(12)14)11-18-19(5,6)16(2,3)4/h7-10,17H,11H2,1-6H3. The maximum Gasteiger partial charge on any atom is 0.192 e. The molecule has 0 aliphatic rings. The van der Waals surface area contributed by atoms with Gasteiger partial charge in [-0.15, -0.1) is 0 Å². The summed E-state index contributed by atoms with van der Waals surface area (Å²) in [7, 11) is -1.68. The lowest BCUT2D eigenvalue weighted by Crippen LogP contribution is -2.40. The summed E-state index contributed by atoms with van der Waals surface area (Å²) in [6.07, 6.45) is 2.01. The van der Waals surface area contributed by atoms with Gasteiger partial charge < -0.3 is 9.41 Å². The Kier molecular flexibility index (Phi) is 3.62. The highest BCUT2D eigenvalue weighted by atomic mass is 28.4. The molecular formula is C16H25NOSi. The van der Waals surface area contributed by atoms with Gasteiger partial charge in [0.15, 0.2) is 8.32 Å². The molecule has 0 radical (unpaired) electrons. The first kappa shape index (κ1) is 14.3. The molecule has 0 fully saturated rings. The average molecular weight is 275 g/mol. The van der Waals surface area contributed by atoms with Crippen LogP contribution in [0.1, 0.15) is 31.9 Å². The number of fused-ring (bicyclic) bond motifs is 1. The van der Waals surface area contributed by atoms with Gasteiger partial charge in [-0.05, 0) is 42.2 Å². The minimum atomic E-state index is -1.68. The Morgan fingerprint density at radius 1 is 1.16 bits per heavy atom. The molecule has 1 aromatic heterocycles. The van der Waals surface area contributed by atoms with Crippen LogP contribution in [-0.4, -0.2) is 13.3 Å². The average Bonchev–Trinajstić information content (AvgIpc) is 2.76. The second-order valence-corrected chi connectivity index (χ2v) is 11.7. The highest BCUT2D eigenvalue weighted by molar-refractivity contribution is 6.74. The highest BCUT2D eigenvalue weighted by Gasteiger charge is 2.37. The van der Waals surface area contributed by atoms with Gasteiger partial charge in [-0.1, -0.05) is 32.9 Å². The SMILES string of the molecule is Cc1ccc(CO[Si](C)(C)C(C)(C)C)c2cc[nH]c12. The lowest BCUT2D eigenvalue weighted by Gasteiger charge is -2.36. The number of rotatable bonds is 3. The molecule has 0 bridgehead atoms. The number of aromatic amines is 1. The third-order valence-corrected chi connectivity index (χ3v) is 8.89. The smallest absolute Gasteiger partial charge is 0.192 e. The van der Waals surface area contributed by atoms with Crippen molar-refractivity contribution in [1.29, 1.82) is 0 Å². The predicted molar refractivity (Wildman–Crippen MR) is 85.0 cm³/mol. The molecule has 0 saturated heterocycles. The van der Waals surface area contributed by atoms with E-state index in [2.05, 4.69) is 64.0 Å². The molecular weight excluding hydrogens is 250 g/mol. The zero-order valence-electron chi connectivity index (χ0n) is 12.9. The lowest BCUT2D eigenvalue weighted by atomic mass is 10.1. The molecule has 3 heteroatoms. The molecule has 19 heavy (non-hydrogen) atoms. The van der Waals surface area contributed by atoms with E-state index in [-0.39, 0.29) is 5.04 Å². The lowest BCUT2D eigenvalue weighted by molar-refractivity contribution is 0.277. The van der Waals surface area contributed by atoms with Crippen molar-refractivity contribution < 1.29 is 4.43 Å². The van der Waals surface area contributed by atoms with Crippen molar-refractivity contribution >= 4 is 19.2 Å². The molecule has 0 spiro atoms. The molecule has 0 unspecified atom stereocenters. The Morgan fingerprint density at radius 3 is 2.47 bits per heavy atom. The predicted octanol–water partition coefficient (Wildman–Crippen LogP) is 5.00. The van der Waals surface area contributed by atoms with Crippen LogP contribution in [0.3, 0.4) is 0 Å². The molecule has 1 N–H and O–H groups in total. The van der Waals surface area contributed by atoms with Crippen molar-refractivity contribution in [2.75, 3.05) is 0 Å². The Bertz CT molecular complexity index is 578. The monoisotopic (exact) mass is 275 g/mol. The number of H-pyrrole nitrogens is 1. The van der Waals surface area contributed by atoms with E-state index in [9.17, 15) is 0 Å². The van der Waals surface area contributed by atoms with E-state index in [4.69, 9.17) is 4.43 Å². The largest absolute Gasteiger partial charge is 0.413 e. The van der Waals surface area contributed by atoms with Crippen molar-refractivity contribution in [3.05, 3.63) is 35.5 Å². The minimum Gasteiger partial charge on any atom is -0.413 e. The van der Waals surface area contributed by atoms with E-state index in [1.165, 1.54) is 22.0 Å². The van der Waals surface area contributed by atoms with E-state index in [1.807, 2.05) is 6.20 Å². The van der Waals surface area contributed by atoms with Crippen molar-refractivity contribution in [2.24, 2.45) is 0 Å². The summed E-state index contributed by atoms with van der Waals surface area (Å²) in [6.45, 7) is 14.3. The quantitative estimate of drug-likeness (QED) is 0.784. The van der Waals surface area contributed by atoms with Crippen LogP contribution >= 0.6 is 0 Å². The van der Waals surface area contributed by atoms with Gasteiger partial charge in [-0.2, -0.15) is 0 Å². The highest BCUT2D eigenvalue weighted by Crippen LogP contribution is 2.37. The maximum absolute atomic E-state index is 6.32. The van der Waals surface area contributed by atoms with Crippen molar-refractivity contribution in [2.45, 2.75) is 52.4 Å². The Balaban J connectivity index is 2.24. The molecule has 2 aromatic rings. The van der Waals surface area contributed by atoms with Gasteiger partial charge in [0.1, 0.15) is 0 Å². The molecule has 2 rings (SSSR count). The Labute approximate surface area is 117 Å². The van der Waals surface area contributed by atoms with Gasteiger partial charge >= 0.3 is 0 Å². The Hall–Kier alpha value is -1.06. The van der Waals surface area contributed by atoms with E-state index in [0.29, 0.717) is 6.61 Å². The maximum atomic E-state index is 6.32. The van der Waals surface area contributed by atoms with Crippen LogP contribution in [0.2, 0.25) is 18.1 Å². The van der Waals surface area contributed by atoms with E-state index in [0.717, 1.165) is 0 Å². The molecule has 0 atom stereocenters. The molecule has 1 aromatic carbocycles. The zero-order chi connectivity index (χ0) is 14.3. The van der Waals surface area contributed by atoms with Gasteiger partial charge in [0.2, 0.25) is 0 Å². The zero-order valence-corrected chi connectivity index (χ0v) is 13.9. The van der Waals surface area contributed by atoms with Crippen LogP contribution in [-0.2, 0) is 11.0 Å². The van der Waals surface area contributed by atoms with Gasteiger partial charge in [0.25, 0.3) is 0 Å². The van der Waals surface area contributed by atoms with Crippen LogP contribution in [0, 0.1) is 6.92 Å². The Morgan fingerprint density at radius 2 is 1.84 bits per heavy atom. The van der Waals surface area contributed by atoms with E-state index >= 15 is 0 Å². The molecule has 2 nitrogen and oxygen atoms in total. The van der Waals surface area contributed by atoms with Crippen LogP contribution in [0.25, 0.3) is 10.9 Å². The first-order valence-electron chi connectivity index (χ1n) is 6.92. The topological polar surface area (TPSA) is 25.0 Å². The van der Waals surface area contributed by atoms with Crippen molar-refractivity contribution in [1.82, 2.24) is 4.98 Å². The summed E-state index contributed by atoms with van der Waals surface area (Å²) >= 11 is 0. The number of hydrogen-bond donors (Lipinski definition) is 1. The third kappa shape index (κ3) is 2.77. The molecule has 0 aliphatic heterocycles. The first-order valence-corrected chi connectivity index (χ1v) is 9.83. The van der Waals surface area contributed by atoms with Gasteiger partial charge in [0.05, 0.1) is 6.61 Å². The first-order chi connectivity index (χ1) is 8.72. The number of benzene rings is 1. The van der Waals surface area contributed by atoms with Gasteiger partial charge in [0, 0.05) is 17.1 Å². The third-order valence-electron chi connectivity index (χ3n) is 4.42. The summed E-state index contributed by atoms with van der Waals surface area (Å²) < 4.78 is 6.32. The fourth-order valence-corrected chi connectivity index (χ4v) is 2.91. The number of hydrogen-bond acceptors (Lipinski definition) is 1. The van der Waals surface area contributed by atoms with Crippen LogP contribution in [0.5, 0.6) is 0 Å². The molecule has 0 saturated carbocycles. The number of aromatic nitrogens is 1. The van der Waals surface area contributed by atoms with Gasteiger partial charge in [-0.25, -0.2) is 0 Å². The van der Waals surface area contributed by atoms with Crippen LogP contribution < -0.4 is 0 Å². The molecule has 0 amide bonds. The van der Waals surface area contributed by atoms with Crippen LogP contribution in [0.15, 0.2) is 24.4 Å². The van der Waals surface area contributed by atoms with Crippen molar-refractivity contribution in [3.63, 3.8) is 0 Å². The van der Waals surface area contributed by atoms with Gasteiger partial charge in [-0.3, -0.25) is 0 Å². The summed E-state index contributed by atoms with van der Waals surface area (Å²) in [4.78, 5) is 3.31. The normalized spacial score (nSPS) is 13.2. The molecule has 1 heterocycles. The second kappa shape index (κ2) is 4.80. The summed E-state index contributed by atoms with van der Waals surface area (Å²) in [6, 6.07) is 6.51. The summed E-state index contributed by atoms with van der Waals surface area (Å²) in [5.74, 6) is 0. The fourth-order valence-electron chi connectivity index (χ4n) is 1.96. The molecule has 0 aliphatic carbocycles. The fraction of sp³-hybridized carbons (Fsp3) is 0.500. The van der Waals surface area contributed by atoms with Crippen LogP contribution in [0.4, 0.5) is 0 Å². The summed E-state index contributed by atoms with van der Waals surface area (Å²) in [5.41, 5.74) is 3.80. The summed E-state index contributed by atoms with van der Waals surface area (Å²) in [5, 5.41) is 1.55. The number of nitrogens with one attached hydrogen (secondary N) is 1. The minimum absolute atomic E-state index is 0.259. The second-order valence-electron chi connectivity index (χ2n) is 6.86. The number of aryl methyl sites for hydroxylation is 1. The van der Waals surface area contributed by atoms with E-state index < -0.39 is 8.32 Å². The molecule has 104 valence electrons.